The van der Waals surface area contributed by atoms with E-state index in [0.29, 0.717) is 18.5 Å². The van der Waals surface area contributed by atoms with Crippen LogP contribution in [0.1, 0.15) is 63.1 Å². The monoisotopic (exact) mass is 417 g/mol. The van der Waals surface area contributed by atoms with Crippen LogP contribution in [0.15, 0.2) is 17.3 Å². The Bertz CT molecular complexity index is 471. The number of nitrogens with zero attached hydrogens (tertiary/aromatic N) is 4. The van der Waals surface area contributed by atoms with Crippen LogP contribution >= 0.6 is 24.0 Å². The van der Waals surface area contributed by atoms with Gasteiger partial charge in [0.25, 0.3) is 0 Å². The number of likely N-dealkylation sites (tertiary alicyclic amines) is 1. The number of hydrogen-bond donors (Lipinski definition) is 1. The Morgan fingerprint density at radius 2 is 1.82 bits per heavy atom. The summed E-state index contributed by atoms with van der Waals surface area (Å²) in [7, 11) is 0. The van der Waals surface area contributed by atoms with Gasteiger partial charge in [-0.25, -0.2) is 4.99 Å². The summed E-state index contributed by atoms with van der Waals surface area (Å²) in [4.78, 5) is 6.77. The Kier molecular flexibility index (Phi) is 6.98. The van der Waals surface area contributed by atoms with Gasteiger partial charge < -0.3 is 10.6 Å². The van der Waals surface area contributed by atoms with E-state index in [1.807, 2.05) is 0 Å². The van der Waals surface area contributed by atoms with Gasteiger partial charge in [0.1, 0.15) is 0 Å². The molecule has 1 aliphatic carbocycles. The zero-order valence-electron chi connectivity index (χ0n) is 13.3. The lowest BCUT2D eigenvalue weighted by Gasteiger charge is -2.20. The highest BCUT2D eigenvalue weighted by Gasteiger charge is 2.17. The molecule has 22 heavy (non-hydrogen) atoms. The van der Waals surface area contributed by atoms with Crippen LogP contribution < -0.4 is 5.73 Å². The summed E-state index contributed by atoms with van der Waals surface area (Å²) in [5.74, 6) is 0.687. The normalized spacial score (nSPS) is 20.7. The minimum atomic E-state index is 0. The largest absolute Gasteiger partial charge is 0.370 e. The molecule has 124 valence electrons. The first-order chi connectivity index (χ1) is 10.3. The molecule has 1 saturated heterocycles. The molecule has 5 nitrogen and oxygen atoms in total. The molecule has 2 N–H and O–H groups in total. The highest BCUT2D eigenvalue weighted by atomic mass is 127. The van der Waals surface area contributed by atoms with Crippen molar-refractivity contribution in [3.05, 3.63) is 18.0 Å². The van der Waals surface area contributed by atoms with Gasteiger partial charge in [0, 0.05) is 19.3 Å². The third-order valence-electron chi connectivity index (χ3n) is 4.70. The predicted molar refractivity (Wildman–Crippen MR) is 101 cm³/mol. The van der Waals surface area contributed by atoms with Gasteiger partial charge in [-0.2, -0.15) is 5.10 Å². The van der Waals surface area contributed by atoms with Gasteiger partial charge in [-0.05, 0) is 31.7 Å². The molecule has 2 aliphatic rings. The van der Waals surface area contributed by atoms with Crippen LogP contribution in [0, 0.1) is 0 Å². The van der Waals surface area contributed by atoms with Crippen LogP contribution in [0.3, 0.4) is 0 Å². The molecule has 0 spiro atoms. The molecule has 1 saturated carbocycles. The van der Waals surface area contributed by atoms with Gasteiger partial charge in [-0.15, -0.1) is 24.0 Å². The number of rotatable bonds is 3. The van der Waals surface area contributed by atoms with Crippen molar-refractivity contribution in [1.29, 1.82) is 0 Å². The fraction of sp³-hybridized carbons (Fsp3) is 0.750. The molecular formula is C16H28IN5. The predicted octanol–water partition coefficient (Wildman–Crippen LogP) is 3.31. The van der Waals surface area contributed by atoms with Gasteiger partial charge >= 0.3 is 0 Å². The molecule has 0 amide bonds. The Morgan fingerprint density at radius 1 is 1.14 bits per heavy atom. The van der Waals surface area contributed by atoms with Crippen molar-refractivity contribution in [2.24, 2.45) is 10.7 Å². The molecule has 2 fully saturated rings. The second kappa shape index (κ2) is 8.74. The highest BCUT2D eigenvalue weighted by molar-refractivity contribution is 14.0. The summed E-state index contributed by atoms with van der Waals surface area (Å²) in [6.45, 7) is 2.69. The van der Waals surface area contributed by atoms with Crippen molar-refractivity contribution in [1.82, 2.24) is 14.7 Å². The van der Waals surface area contributed by atoms with E-state index in [1.165, 1.54) is 51.4 Å². The van der Waals surface area contributed by atoms with Gasteiger partial charge in [0.05, 0.1) is 18.3 Å². The summed E-state index contributed by atoms with van der Waals surface area (Å²) in [6, 6.07) is 2.68. The van der Waals surface area contributed by atoms with Crippen LogP contribution in [0.5, 0.6) is 0 Å². The number of nitrogens with two attached hydrogens (primary N) is 1. The fourth-order valence-corrected chi connectivity index (χ4v) is 3.40. The molecule has 0 unspecified atom stereocenters. The number of halogens is 1. The first-order valence-corrected chi connectivity index (χ1v) is 8.42. The van der Waals surface area contributed by atoms with Crippen molar-refractivity contribution in [2.75, 3.05) is 13.1 Å². The fourth-order valence-electron chi connectivity index (χ4n) is 3.40. The van der Waals surface area contributed by atoms with E-state index in [9.17, 15) is 0 Å². The van der Waals surface area contributed by atoms with E-state index >= 15 is 0 Å². The van der Waals surface area contributed by atoms with Crippen LogP contribution in [0.4, 0.5) is 0 Å². The summed E-state index contributed by atoms with van der Waals surface area (Å²) in [5, 5.41) is 4.66. The Hall–Kier alpha value is -0.790. The maximum Gasteiger partial charge on any atom is 0.191 e. The average molecular weight is 417 g/mol. The molecule has 0 bridgehead atoms. The average Bonchev–Trinajstić information content (AvgIpc) is 3.11. The maximum absolute atomic E-state index is 6.14. The first-order valence-electron chi connectivity index (χ1n) is 8.42. The molecule has 1 aliphatic heterocycles. The molecule has 3 rings (SSSR count). The molecule has 2 heterocycles. The third kappa shape index (κ3) is 4.60. The van der Waals surface area contributed by atoms with Crippen LogP contribution in [-0.4, -0.2) is 33.7 Å². The van der Waals surface area contributed by atoms with Crippen molar-refractivity contribution in [3.8, 4) is 0 Å². The molecule has 0 aromatic carbocycles. The minimum absolute atomic E-state index is 0. The Morgan fingerprint density at radius 3 is 2.50 bits per heavy atom. The van der Waals surface area contributed by atoms with E-state index in [4.69, 9.17) is 5.73 Å². The van der Waals surface area contributed by atoms with E-state index in [2.05, 4.69) is 31.9 Å². The topological polar surface area (TPSA) is 59.4 Å². The molecule has 0 radical (unpaired) electrons. The maximum atomic E-state index is 6.14. The zero-order chi connectivity index (χ0) is 14.5. The van der Waals surface area contributed by atoms with Gasteiger partial charge in [0.2, 0.25) is 0 Å². The molecular weight excluding hydrogens is 389 g/mol. The lowest BCUT2D eigenvalue weighted by molar-refractivity contribution is 0.428. The van der Waals surface area contributed by atoms with Crippen molar-refractivity contribution >= 4 is 29.9 Å². The molecule has 0 atom stereocenters. The number of aliphatic imine (C=N–C) groups is 1. The standard InChI is InChI=1S/C16H27N5.HI/c17-16(20-10-5-1-2-6-11-20)18-13-14-9-12-21(19-14)15-7-3-4-8-15;/h9,12,15H,1-8,10-11,13H2,(H2,17,18);1H. The Balaban J connectivity index is 0.00000176. The second-order valence-corrected chi connectivity index (χ2v) is 6.30. The van der Waals surface area contributed by atoms with Crippen molar-refractivity contribution < 1.29 is 0 Å². The van der Waals surface area contributed by atoms with Crippen molar-refractivity contribution in [3.63, 3.8) is 0 Å². The van der Waals surface area contributed by atoms with Crippen LogP contribution in [-0.2, 0) is 6.54 Å². The summed E-state index contributed by atoms with van der Waals surface area (Å²) in [5.41, 5.74) is 7.16. The SMILES string of the molecule is I.NC(=NCc1ccn(C2CCCC2)n1)N1CCCCCC1. The highest BCUT2D eigenvalue weighted by Crippen LogP contribution is 2.28. The van der Waals surface area contributed by atoms with Gasteiger partial charge in [-0.1, -0.05) is 25.7 Å². The molecule has 6 heteroatoms. The summed E-state index contributed by atoms with van der Waals surface area (Å²) in [6.07, 6.45) is 12.4. The lowest BCUT2D eigenvalue weighted by atomic mass is 10.2. The molecule has 1 aromatic heterocycles. The van der Waals surface area contributed by atoms with E-state index in [-0.39, 0.29) is 24.0 Å². The Labute approximate surface area is 150 Å². The quantitative estimate of drug-likeness (QED) is 0.467. The van der Waals surface area contributed by atoms with Crippen LogP contribution in [0.25, 0.3) is 0 Å². The zero-order valence-corrected chi connectivity index (χ0v) is 15.6. The minimum Gasteiger partial charge on any atom is -0.370 e. The lowest BCUT2D eigenvalue weighted by Crippen LogP contribution is -2.38. The van der Waals surface area contributed by atoms with Gasteiger partial charge in [-0.3, -0.25) is 4.68 Å². The number of hydrogen-bond acceptors (Lipinski definition) is 2. The number of guanidine groups is 1. The van der Waals surface area contributed by atoms with Gasteiger partial charge in [0.15, 0.2) is 5.96 Å². The smallest absolute Gasteiger partial charge is 0.191 e. The van der Waals surface area contributed by atoms with E-state index in [0.717, 1.165) is 18.8 Å². The van der Waals surface area contributed by atoms with Crippen molar-refractivity contribution in [2.45, 2.75) is 64.0 Å². The third-order valence-corrected chi connectivity index (χ3v) is 4.70. The summed E-state index contributed by atoms with van der Waals surface area (Å²) >= 11 is 0. The van der Waals surface area contributed by atoms with E-state index in [1.54, 1.807) is 0 Å². The number of aromatic nitrogens is 2. The summed E-state index contributed by atoms with van der Waals surface area (Å²) < 4.78 is 2.12. The second-order valence-electron chi connectivity index (χ2n) is 6.30. The van der Waals surface area contributed by atoms with E-state index < -0.39 is 0 Å². The molecule has 1 aromatic rings. The first kappa shape index (κ1) is 17.6. The van der Waals surface area contributed by atoms with Crippen LogP contribution in [0.2, 0.25) is 0 Å².